The van der Waals surface area contributed by atoms with E-state index >= 15 is 0 Å². The third-order valence-electron chi connectivity index (χ3n) is 3.58. The molecule has 2 aromatic heterocycles. The Bertz CT molecular complexity index is 614. The maximum Gasteiger partial charge on any atom is 0.301 e. The molecule has 1 aliphatic rings. The van der Waals surface area contributed by atoms with Gasteiger partial charge in [-0.25, -0.2) is 9.97 Å². The van der Waals surface area contributed by atoms with Gasteiger partial charge in [0.05, 0.1) is 12.4 Å². The summed E-state index contributed by atoms with van der Waals surface area (Å²) < 4.78 is 7.40. The second kappa shape index (κ2) is 5.48. The molecule has 0 aromatic carbocycles. The topological polar surface area (TPSA) is 73.0 Å². The molecule has 3 rings (SSSR count). The second-order valence-corrected chi connectivity index (χ2v) is 4.96. The number of fused-ring (bicyclic) bond motifs is 1. The van der Waals surface area contributed by atoms with Crippen LogP contribution in [0.25, 0.3) is 0 Å². The number of nitrogens with zero attached hydrogens (tertiary/aromatic N) is 3. The minimum atomic E-state index is -0.213. The van der Waals surface area contributed by atoms with Gasteiger partial charge in [-0.15, -0.1) is 0 Å². The van der Waals surface area contributed by atoms with Crippen molar-refractivity contribution >= 4 is 11.9 Å². The third-order valence-corrected chi connectivity index (χ3v) is 3.58. The van der Waals surface area contributed by atoms with Crippen LogP contribution in [0.1, 0.15) is 48.3 Å². The van der Waals surface area contributed by atoms with E-state index in [2.05, 4.69) is 15.3 Å². The number of aromatic nitrogens is 3. The van der Waals surface area contributed by atoms with Gasteiger partial charge in [0.1, 0.15) is 17.3 Å². The lowest BCUT2D eigenvalue weighted by atomic mass is 10.2. The number of imidazole rings is 1. The Kier molecular flexibility index (Phi) is 3.54. The number of amides is 1. The molecule has 1 amide bonds. The van der Waals surface area contributed by atoms with Crippen LogP contribution >= 0.6 is 0 Å². The highest BCUT2D eigenvalue weighted by atomic mass is 16.4. The van der Waals surface area contributed by atoms with E-state index in [1.165, 1.54) is 6.42 Å². The summed E-state index contributed by atoms with van der Waals surface area (Å²) in [4.78, 5) is 20.7. The molecule has 0 saturated carbocycles. The van der Waals surface area contributed by atoms with Crippen LogP contribution in [0.2, 0.25) is 0 Å². The maximum atomic E-state index is 12.3. The van der Waals surface area contributed by atoms with Crippen LogP contribution in [0.4, 0.5) is 6.01 Å². The summed E-state index contributed by atoms with van der Waals surface area (Å²) in [6.07, 6.45) is 8.37. The first-order chi connectivity index (χ1) is 9.78. The lowest BCUT2D eigenvalue weighted by Gasteiger charge is -2.07. The Hall–Kier alpha value is -2.11. The van der Waals surface area contributed by atoms with Gasteiger partial charge in [0.25, 0.3) is 5.91 Å². The summed E-state index contributed by atoms with van der Waals surface area (Å²) in [6.45, 7) is 2.83. The molecule has 6 nitrogen and oxygen atoms in total. The standard InChI is InChI=1S/C14H18N4O2/c1-2-10-8-16-14(20-10)17-13(19)11-9-15-12-6-4-3-5-7-18(11)12/h8-9H,2-7H2,1H3,(H,16,17,19). The normalized spacial score (nSPS) is 14.7. The van der Waals surface area contributed by atoms with Gasteiger partial charge in [0, 0.05) is 19.4 Å². The predicted molar refractivity (Wildman–Crippen MR) is 73.6 cm³/mol. The number of hydrogen-bond donors (Lipinski definition) is 1. The number of nitrogens with one attached hydrogen (secondary N) is 1. The molecule has 0 radical (unpaired) electrons. The van der Waals surface area contributed by atoms with Crippen molar-refractivity contribution in [1.82, 2.24) is 14.5 Å². The van der Waals surface area contributed by atoms with Gasteiger partial charge < -0.3 is 8.98 Å². The number of anilines is 1. The predicted octanol–water partition coefficient (Wildman–Crippen LogP) is 2.41. The molecule has 0 unspecified atom stereocenters. The van der Waals surface area contributed by atoms with Gasteiger partial charge in [0.2, 0.25) is 0 Å². The van der Waals surface area contributed by atoms with Crippen molar-refractivity contribution in [2.24, 2.45) is 0 Å². The van der Waals surface area contributed by atoms with Gasteiger partial charge in [0.15, 0.2) is 0 Å². The van der Waals surface area contributed by atoms with Crippen molar-refractivity contribution in [3.63, 3.8) is 0 Å². The van der Waals surface area contributed by atoms with Crippen LogP contribution in [0.5, 0.6) is 0 Å². The molecule has 0 atom stereocenters. The van der Waals surface area contributed by atoms with E-state index < -0.39 is 0 Å². The highest BCUT2D eigenvalue weighted by molar-refractivity contribution is 6.01. The fourth-order valence-corrected chi connectivity index (χ4v) is 2.46. The lowest BCUT2D eigenvalue weighted by Crippen LogP contribution is -2.18. The average molecular weight is 274 g/mol. The second-order valence-electron chi connectivity index (χ2n) is 4.96. The first kappa shape index (κ1) is 12.9. The first-order valence-electron chi connectivity index (χ1n) is 7.08. The zero-order chi connectivity index (χ0) is 13.9. The summed E-state index contributed by atoms with van der Waals surface area (Å²) in [7, 11) is 0. The molecule has 6 heteroatoms. The molecule has 0 fully saturated rings. The maximum absolute atomic E-state index is 12.3. The van der Waals surface area contributed by atoms with Crippen LogP contribution in [-0.4, -0.2) is 20.4 Å². The molecule has 1 aliphatic heterocycles. The number of oxazole rings is 1. The molecule has 0 aliphatic carbocycles. The minimum Gasteiger partial charge on any atom is -0.428 e. The quantitative estimate of drug-likeness (QED) is 0.932. The van der Waals surface area contributed by atoms with Gasteiger partial charge >= 0.3 is 6.01 Å². The Balaban J connectivity index is 1.78. The van der Waals surface area contributed by atoms with Gasteiger partial charge in [-0.2, -0.15) is 0 Å². The molecule has 3 heterocycles. The van der Waals surface area contributed by atoms with Crippen molar-refractivity contribution in [3.05, 3.63) is 29.7 Å². The lowest BCUT2D eigenvalue weighted by molar-refractivity contribution is 0.101. The summed E-state index contributed by atoms with van der Waals surface area (Å²) in [5.74, 6) is 1.54. The summed E-state index contributed by atoms with van der Waals surface area (Å²) >= 11 is 0. The summed E-state index contributed by atoms with van der Waals surface area (Å²) in [5, 5.41) is 2.69. The van der Waals surface area contributed by atoms with Crippen molar-refractivity contribution in [1.29, 1.82) is 0 Å². The number of aryl methyl sites for hydroxylation is 2. The van der Waals surface area contributed by atoms with E-state index in [9.17, 15) is 4.79 Å². The van der Waals surface area contributed by atoms with Crippen molar-refractivity contribution < 1.29 is 9.21 Å². The zero-order valence-corrected chi connectivity index (χ0v) is 11.6. The largest absolute Gasteiger partial charge is 0.428 e. The molecular formula is C14H18N4O2. The van der Waals surface area contributed by atoms with Gasteiger partial charge in [-0.05, 0) is 12.8 Å². The molecule has 2 aromatic rings. The number of hydrogen-bond acceptors (Lipinski definition) is 4. The fraction of sp³-hybridized carbons (Fsp3) is 0.500. The first-order valence-corrected chi connectivity index (χ1v) is 7.08. The Morgan fingerprint density at radius 3 is 3.05 bits per heavy atom. The van der Waals surface area contributed by atoms with E-state index in [0.29, 0.717) is 5.69 Å². The number of carbonyl (C=O) groups excluding carboxylic acids is 1. The third kappa shape index (κ3) is 2.45. The fourth-order valence-electron chi connectivity index (χ4n) is 2.46. The van der Waals surface area contributed by atoms with E-state index in [4.69, 9.17) is 4.42 Å². The SMILES string of the molecule is CCc1cnc(NC(=O)c2cnc3n2CCCCC3)o1. The number of rotatable bonds is 3. The minimum absolute atomic E-state index is 0.213. The van der Waals surface area contributed by atoms with Crippen LogP contribution in [0, 0.1) is 0 Å². The molecule has 0 saturated heterocycles. The van der Waals surface area contributed by atoms with Gasteiger partial charge in [-0.3, -0.25) is 10.1 Å². The van der Waals surface area contributed by atoms with Crippen molar-refractivity contribution in [3.8, 4) is 0 Å². The monoisotopic (exact) mass is 274 g/mol. The molecule has 20 heavy (non-hydrogen) atoms. The van der Waals surface area contributed by atoms with E-state index in [-0.39, 0.29) is 11.9 Å². The molecule has 106 valence electrons. The Labute approximate surface area is 117 Å². The highest BCUT2D eigenvalue weighted by Crippen LogP contribution is 2.17. The van der Waals surface area contributed by atoms with Crippen LogP contribution in [0.15, 0.2) is 16.8 Å². The van der Waals surface area contributed by atoms with Crippen LogP contribution in [0.3, 0.4) is 0 Å². The van der Waals surface area contributed by atoms with Gasteiger partial charge in [-0.1, -0.05) is 13.3 Å². The van der Waals surface area contributed by atoms with Crippen LogP contribution < -0.4 is 5.32 Å². The van der Waals surface area contributed by atoms with Crippen molar-refractivity contribution in [2.75, 3.05) is 5.32 Å². The summed E-state index contributed by atoms with van der Waals surface area (Å²) in [6, 6.07) is 0.246. The Morgan fingerprint density at radius 2 is 2.25 bits per heavy atom. The van der Waals surface area contributed by atoms with Crippen molar-refractivity contribution in [2.45, 2.75) is 45.6 Å². The number of carbonyl (C=O) groups is 1. The van der Waals surface area contributed by atoms with Crippen LogP contribution in [-0.2, 0) is 19.4 Å². The molecular weight excluding hydrogens is 256 g/mol. The van der Waals surface area contributed by atoms with E-state index in [1.54, 1.807) is 12.4 Å². The molecule has 1 N–H and O–H groups in total. The molecule has 0 spiro atoms. The Morgan fingerprint density at radius 1 is 1.35 bits per heavy atom. The van der Waals surface area contributed by atoms with E-state index in [0.717, 1.165) is 43.8 Å². The van der Waals surface area contributed by atoms with E-state index in [1.807, 2.05) is 11.5 Å². The molecule has 0 bridgehead atoms. The summed E-state index contributed by atoms with van der Waals surface area (Å²) in [5.41, 5.74) is 0.582. The zero-order valence-electron chi connectivity index (χ0n) is 11.6. The average Bonchev–Trinajstić information content (AvgIpc) is 3.00. The smallest absolute Gasteiger partial charge is 0.301 e. The highest BCUT2D eigenvalue weighted by Gasteiger charge is 2.19.